The van der Waals surface area contributed by atoms with Gasteiger partial charge in [-0.3, -0.25) is 4.57 Å². The van der Waals surface area contributed by atoms with Gasteiger partial charge in [0.1, 0.15) is 35.0 Å². The maximum Gasteiger partial charge on any atom is 0.337 e. The number of pyridine rings is 1. The summed E-state index contributed by atoms with van der Waals surface area (Å²) in [6.07, 6.45) is 3.26. The van der Waals surface area contributed by atoms with E-state index in [2.05, 4.69) is 20.3 Å². The van der Waals surface area contributed by atoms with Gasteiger partial charge in [0.15, 0.2) is 0 Å². The molecule has 4 aromatic rings. The molecule has 1 N–H and O–H groups in total. The van der Waals surface area contributed by atoms with E-state index in [0.717, 1.165) is 0 Å². The van der Waals surface area contributed by atoms with Gasteiger partial charge in [0.2, 0.25) is 0 Å². The Balaban J connectivity index is 1.77. The molecule has 0 atom stereocenters. The first-order chi connectivity index (χ1) is 13.5. The first kappa shape index (κ1) is 17.5. The monoisotopic (exact) mass is 378 g/mol. The summed E-state index contributed by atoms with van der Waals surface area (Å²) in [5.41, 5.74) is 2.35. The van der Waals surface area contributed by atoms with Gasteiger partial charge >= 0.3 is 5.97 Å². The van der Waals surface area contributed by atoms with E-state index in [1.807, 2.05) is 0 Å². The van der Waals surface area contributed by atoms with Crippen LogP contribution in [0.1, 0.15) is 16.1 Å². The molecular formula is C19H15FN6O2. The number of carboxylic acid groups (broad SMARTS) is 1. The topological polar surface area (TPSA) is 98.7 Å². The van der Waals surface area contributed by atoms with Gasteiger partial charge in [0.25, 0.3) is 0 Å². The normalized spacial score (nSPS) is 11.0. The molecule has 0 amide bonds. The van der Waals surface area contributed by atoms with Crippen molar-refractivity contribution >= 4 is 5.97 Å². The number of aromatic nitrogens is 6. The summed E-state index contributed by atoms with van der Waals surface area (Å²) in [7, 11) is 1.70. The first-order valence-corrected chi connectivity index (χ1v) is 8.36. The van der Waals surface area contributed by atoms with Crippen molar-refractivity contribution in [3.05, 3.63) is 66.0 Å². The number of hydrogen-bond acceptors (Lipinski definition) is 5. The number of nitrogens with zero attached hydrogens (tertiary/aromatic N) is 6. The van der Waals surface area contributed by atoms with Crippen LogP contribution in [-0.2, 0) is 7.05 Å². The fraction of sp³-hybridized carbons (Fsp3) is 0.105. The lowest BCUT2D eigenvalue weighted by Crippen LogP contribution is -2.04. The Morgan fingerprint density at radius 3 is 2.68 bits per heavy atom. The number of hydrogen-bond donors (Lipinski definition) is 1. The van der Waals surface area contributed by atoms with Gasteiger partial charge in [-0.1, -0.05) is 17.3 Å². The second kappa shape index (κ2) is 6.69. The van der Waals surface area contributed by atoms with Crippen LogP contribution < -0.4 is 0 Å². The maximum atomic E-state index is 14.2. The van der Waals surface area contributed by atoms with E-state index < -0.39 is 11.8 Å². The summed E-state index contributed by atoms with van der Waals surface area (Å²) in [6.45, 7) is 1.63. The second-order valence-corrected chi connectivity index (χ2v) is 6.16. The first-order valence-electron chi connectivity index (χ1n) is 8.36. The Morgan fingerprint density at radius 2 is 1.96 bits per heavy atom. The van der Waals surface area contributed by atoms with E-state index in [9.17, 15) is 9.18 Å². The average molecular weight is 378 g/mol. The van der Waals surface area contributed by atoms with Crippen LogP contribution in [0.4, 0.5) is 4.39 Å². The Labute approximate surface area is 158 Å². The lowest BCUT2D eigenvalue weighted by Gasteiger charge is -2.05. The molecule has 0 radical (unpaired) electrons. The molecule has 1 aromatic carbocycles. The fourth-order valence-electron chi connectivity index (χ4n) is 2.97. The van der Waals surface area contributed by atoms with Crippen LogP contribution in [0.15, 0.2) is 48.9 Å². The summed E-state index contributed by atoms with van der Waals surface area (Å²) in [6, 6.07) is 9.43. The average Bonchev–Trinajstić information content (AvgIpc) is 3.28. The van der Waals surface area contributed by atoms with Crippen LogP contribution >= 0.6 is 0 Å². The quantitative estimate of drug-likeness (QED) is 0.586. The molecule has 140 valence electrons. The minimum absolute atomic E-state index is 0.141. The Hall–Kier alpha value is -3.88. The number of carboxylic acids is 1. The van der Waals surface area contributed by atoms with Crippen molar-refractivity contribution in [2.45, 2.75) is 6.92 Å². The summed E-state index contributed by atoms with van der Waals surface area (Å²) < 4.78 is 17.4. The molecule has 8 nitrogen and oxygen atoms in total. The van der Waals surface area contributed by atoms with Crippen molar-refractivity contribution in [3.63, 3.8) is 0 Å². The fourth-order valence-corrected chi connectivity index (χ4v) is 2.97. The molecular weight excluding hydrogens is 363 g/mol. The van der Waals surface area contributed by atoms with Crippen LogP contribution in [0.2, 0.25) is 0 Å². The third-order valence-electron chi connectivity index (χ3n) is 4.35. The SMILES string of the molecule is Cc1nc(-n2cnc(-c3c(-c4ccccc4F)nnn3C)c2)ccc1C(=O)O. The number of imidazole rings is 1. The van der Waals surface area contributed by atoms with Crippen LogP contribution in [-0.4, -0.2) is 40.6 Å². The zero-order valence-corrected chi connectivity index (χ0v) is 15.0. The maximum absolute atomic E-state index is 14.2. The molecule has 3 aromatic heterocycles. The molecule has 0 aliphatic heterocycles. The highest BCUT2D eigenvalue weighted by Crippen LogP contribution is 2.30. The lowest BCUT2D eigenvalue weighted by molar-refractivity contribution is 0.0695. The zero-order valence-electron chi connectivity index (χ0n) is 15.0. The Morgan fingerprint density at radius 1 is 1.18 bits per heavy atom. The Bertz CT molecular complexity index is 1200. The summed E-state index contributed by atoms with van der Waals surface area (Å²) in [4.78, 5) is 19.9. The smallest absolute Gasteiger partial charge is 0.337 e. The van der Waals surface area contributed by atoms with Gasteiger partial charge in [-0.05, 0) is 31.2 Å². The van der Waals surface area contributed by atoms with Gasteiger partial charge in [-0.2, -0.15) is 0 Å². The number of halogens is 1. The third kappa shape index (κ3) is 2.92. The molecule has 3 heterocycles. The number of aromatic carboxylic acids is 1. The van der Waals surface area contributed by atoms with E-state index in [4.69, 9.17) is 5.11 Å². The van der Waals surface area contributed by atoms with Crippen molar-refractivity contribution in [1.82, 2.24) is 29.5 Å². The molecule has 28 heavy (non-hydrogen) atoms. The number of carbonyl (C=O) groups is 1. The van der Waals surface area contributed by atoms with Gasteiger partial charge in [0.05, 0.1) is 11.3 Å². The molecule has 0 unspecified atom stereocenters. The van der Waals surface area contributed by atoms with Crippen molar-refractivity contribution in [1.29, 1.82) is 0 Å². The predicted molar refractivity (Wildman–Crippen MR) is 98.4 cm³/mol. The number of benzene rings is 1. The highest BCUT2D eigenvalue weighted by Gasteiger charge is 2.20. The largest absolute Gasteiger partial charge is 0.478 e. The van der Waals surface area contributed by atoms with E-state index in [-0.39, 0.29) is 5.56 Å². The van der Waals surface area contributed by atoms with Crippen LogP contribution in [0, 0.1) is 12.7 Å². The highest BCUT2D eigenvalue weighted by atomic mass is 19.1. The molecule has 4 rings (SSSR count). The third-order valence-corrected chi connectivity index (χ3v) is 4.35. The minimum atomic E-state index is -1.03. The second-order valence-electron chi connectivity index (χ2n) is 6.16. The van der Waals surface area contributed by atoms with Crippen LogP contribution in [0.5, 0.6) is 0 Å². The van der Waals surface area contributed by atoms with Crippen molar-refractivity contribution in [2.75, 3.05) is 0 Å². The van der Waals surface area contributed by atoms with E-state index >= 15 is 0 Å². The summed E-state index contributed by atoms with van der Waals surface area (Å²) >= 11 is 0. The minimum Gasteiger partial charge on any atom is -0.478 e. The summed E-state index contributed by atoms with van der Waals surface area (Å²) in [5.74, 6) is -0.910. The zero-order chi connectivity index (χ0) is 19.8. The predicted octanol–water partition coefficient (Wildman–Crippen LogP) is 2.88. The molecule has 0 bridgehead atoms. The molecule has 0 fully saturated rings. The number of rotatable bonds is 4. The van der Waals surface area contributed by atoms with Gasteiger partial charge in [-0.25, -0.2) is 23.8 Å². The molecule has 0 saturated heterocycles. The molecule has 9 heteroatoms. The lowest BCUT2D eigenvalue weighted by atomic mass is 10.1. The van der Waals surface area contributed by atoms with E-state index in [1.54, 1.807) is 55.3 Å². The van der Waals surface area contributed by atoms with Crippen molar-refractivity contribution < 1.29 is 14.3 Å². The van der Waals surface area contributed by atoms with Gasteiger partial charge in [-0.15, -0.1) is 5.10 Å². The standard InChI is InChI=1S/C19H15FN6O2/c1-11-12(19(27)28)7-8-16(22-11)26-9-15(21-10-26)18-17(23-24-25(18)2)13-5-3-4-6-14(13)20/h3-10H,1-2H3,(H,27,28). The van der Waals surface area contributed by atoms with Crippen LogP contribution in [0.25, 0.3) is 28.5 Å². The molecule has 0 saturated carbocycles. The van der Waals surface area contributed by atoms with Crippen LogP contribution in [0.3, 0.4) is 0 Å². The molecule has 0 aliphatic rings. The number of aryl methyl sites for hydroxylation is 2. The highest BCUT2D eigenvalue weighted by molar-refractivity contribution is 5.88. The van der Waals surface area contributed by atoms with Crippen molar-refractivity contribution in [3.8, 4) is 28.5 Å². The van der Waals surface area contributed by atoms with Gasteiger partial charge < -0.3 is 5.11 Å². The van der Waals surface area contributed by atoms with E-state index in [0.29, 0.717) is 34.2 Å². The summed E-state index contributed by atoms with van der Waals surface area (Å²) in [5, 5.41) is 17.2. The van der Waals surface area contributed by atoms with Gasteiger partial charge in [0, 0.05) is 18.8 Å². The van der Waals surface area contributed by atoms with E-state index in [1.165, 1.54) is 16.8 Å². The Kier molecular flexibility index (Phi) is 4.19. The molecule has 0 spiro atoms. The molecule has 0 aliphatic carbocycles. The van der Waals surface area contributed by atoms with Crippen molar-refractivity contribution in [2.24, 2.45) is 7.05 Å².